The third kappa shape index (κ3) is 2.27. The second-order valence-corrected chi connectivity index (χ2v) is 2.69. The van der Waals surface area contributed by atoms with Crippen molar-refractivity contribution in [2.45, 2.75) is 6.42 Å². The van der Waals surface area contributed by atoms with Crippen LogP contribution in [0.3, 0.4) is 0 Å². The van der Waals surface area contributed by atoms with Crippen LogP contribution in [-0.2, 0) is 11.2 Å². The van der Waals surface area contributed by atoms with E-state index in [1.54, 1.807) is 0 Å². The second-order valence-electron chi connectivity index (χ2n) is 2.27. The van der Waals surface area contributed by atoms with Crippen molar-refractivity contribution in [3.8, 4) is 0 Å². The average molecular weight is 191 g/mol. The second kappa shape index (κ2) is 3.63. The molecule has 0 spiro atoms. The molecule has 0 heterocycles. The maximum Gasteiger partial charge on any atom is 0.226 e. The molecule has 0 aromatic heterocycles. The van der Waals surface area contributed by atoms with Crippen molar-refractivity contribution < 1.29 is 13.6 Å². The van der Waals surface area contributed by atoms with Crippen molar-refractivity contribution in [1.29, 1.82) is 0 Å². The van der Waals surface area contributed by atoms with Crippen LogP contribution in [0.25, 0.3) is 0 Å². The minimum atomic E-state index is -0.709. The quantitative estimate of drug-likeness (QED) is 0.654. The van der Waals surface area contributed by atoms with Crippen molar-refractivity contribution >= 4 is 16.8 Å². The highest BCUT2D eigenvalue weighted by molar-refractivity contribution is 6.63. The maximum absolute atomic E-state index is 12.8. The predicted octanol–water partition coefficient (Wildman–Crippen LogP) is 2.27. The molecule has 12 heavy (non-hydrogen) atoms. The largest absolute Gasteiger partial charge is 0.281 e. The number of halogens is 3. The van der Waals surface area contributed by atoms with Gasteiger partial charge in [-0.2, -0.15) is 0 Å². The monoisotopic (exact) mass is 190 g/mol. The topological polar surface area (TPSA) is 17.1 Å². The highest BCUT2D eigenvalue weighted by Crippen LogP contribution is 2.11. The van der Waals surface area contributed by atoms with Gasteiger partial charge >= 0.3 is 0 Å². The van der Waals surface area contributed by atoms with Gasteiger partial charge in [0, 0.05) is 6.42 Å². The standard InChI is InChI=1S/C8H5ClF2O/c9-8(12)4-5-3-6(10)1-2-7(5)11/h1-3H,4H2. The lowest BCUT2D eigenvalue weighted by molar-refractivity contribution is -0.111. The van der Waals surface area contributed by atoms with E-state index in [1.807, 2.05) is 0 Å². The zero-order valence-corrected chi connectivity index (χ0v) is 6.74. The van der Waals surface area contributed by atoms with Gasteiger partial charge in [0.25, 0.3) is 0 Å². The molecule has 0 saturated carbocycles. The van der Waals surface area contributed by atoms with Crippen LogP contribution in [0.2, 0.25) is 0 Å². The van der Waals surface area contributed by atoms with E-state index in [0.717, 1.165) is 18.2 Å². The van der Waals surface area contributed by atoms with Crippen LogP contribution in [0, 0.1) is 11.6 Å². The number of benzene rings is 1. The van der Waals surface area contributed by atoms with Gasteiger partial charge in [-0.15, -0.1) is 0 Å². The molecule has 64 valence electrons. The number of carbonyl (C=O) groups is 1. The Hall–Kier alpha value is -0.960. The van der Waals surface area contributed by atoms with Crippen LogP contribution in [0.4, 0.5) is 8.78 Å². The van der Waals surface area contributed by atoms with Crippen molar-refractivity contribution in [3.05, 3.63) is 35.4 Å². The number of rotatable bonds is 2. The summed E-state index contributed by atoms with van der Waals surface area (Å²) in [5.41, 5.74) is -0.0185. The zero-order chi connectivity index (χ0) is 9.14. The van der Waals surface area contributed by atoms with E-state index < -0.39 is 16.9 Å². The summed E-state index contributed by atoms with van der Waals surface area (Å²) >= 11 is 5.01. The summed E-state index contributed by atoms with van der Waals surface area (Å²) in [5, 5.41) is -0.709. The molecule has 1 rings (SSSR count). The van der Waals surface area contributed by atoms with Crippen molar-refractivity contribution in [2.24, 2.45) is 0 Å². The Morgan fingerprint density at radius 1 is 1.42 bits per heavy atom. The van der Waals surface area contributed by atoms with Gasteiger partial charge in [-0.1, -0.05) is 0 Å². The van der Waals surface area contributed by atoms with Crippen molar-refractivity contribution in [1.82, 2.24) is 0 Å². The molecule has 4 heteroatoms. The van der Waals surface area contributed by atoms with Gasteiger partial charge in [0.05, 0.1) is 0 Å². The summed E-state index contributed by atoms with van der Waals surface area (Å²) in [6.45, 7) is 0. The van der Waals surface area contributed by atoms with Crippen LogP contribution in [0.5, 0.6) is 0 Å². The van der Waals surface area contributed by atoms with Gasteiger partial charge in [-0.25, -0.2) is 8.78 Å². The van der Waals surface area contributed by atoms with Crippen LogP contribution >= 0.6 is 11.6 Å². The Labute approximate surface area is 73.0 Å². The Morgan fingerprint density at radius 3 is 2.67 bits per heavy atom. The third-order valence-corrected chi connectivity index (χ3v) is 1.47. The Morgan fingerprint density at radius 2 is 2.08 bits per heavy atom. The zero-order valence-electron chi connectivity index (χ0n) is 5.98. The normalized spacial score (nSPS) is 9.92. The molecule has 0 atom stereocenters. The lowest BCUT2D eigenvalue weighted by atomic mass is 10.1. The first kappa shape index (κ1) is 9.13. The van der Waals surface area contributed by atoms with Crippen LogP contribution in [0.15, 0.2) is 18.2 Å². The molecule has 1 aromatic carbocycles. The molecule has 0 N–H and O–H groups in total. The summed E-state index contributed by atoms with van der Waals surface area (Å²) < 4.78 is 25.2. The first-order valence-corrected chi connectivity index (χ1v) is 3.59. The molecule has 0 radical (unpaired) electrons. The lowest BCUT2D eigenvalue weighted by Gasteiger charge is -1.98. The highest BCUT2D eigenvalue weighted by atomic mass is 35.5. The van der Waals surface area contributed by atoms with E-state index in [9.17, 15) is 13.6 Å². The fraction of sp³-hybridized carbons (Fsp3) is 0.125. The van der Waals surface area contributed by atoms with Gasteiger partial charge < -0.3 is 0 Å². The van der Waals surface area contributed by atoms with E-state index in [0.29, 0.717) is 0 Å². The predicted molar refractivity (Wildman–Crippen MR) is 40.9 cm³/mol. The van der Waals surface area contributed by atoms with Gasteiger partial charge in [0.1, 0.15) is 11.6 Å². The van der Waals surface area contributed by atoms with E-state index >= 15 is 0 Å². The fourth-order valence-corrected chi connectivity index (χ4v) is 0.972. The molecular weight excluding hydrogens is 186 g/mol. The van der Waals surface area contributed by atoms with Crippen LogP contribution in [-0.4, -0.2) is 5.24 Å². The molecule has 0 aliphatic rings. The summed E-state index contributed by atoms with van der Waals surface area (Å²) in [5.74, 6) is -1.20. The highest BCUT2D eigenvalue weighted by Gasteiger charge is 2.06. The molecular formula is C8H5ClF2O. The number of hydrogen-bond acceptors (Lipinski definition) is 1. The average Bonchev–Trinajstić information content (AvgIpc) is 1.96. The minimum Gasteiger partial charge on any atom is -0.281 e. The van der Waals surface area contributed by atoms with Gasteiger partial charge in [-0.05, 0) is 35.4 Å². The van der Waals surface area contributed by atoms with E-state index in [2.05, 4.69) is 0 Å². The molecule has 0 amide bonds. The maximum atomic E-state index is 12.8. The molecule has 0 aliphatic carbocycles. The third-order valence-electron chi connectivity index (χ3n) is 1.34. The Balaban J connectivity index is 2.97. The first-order valence-electron chi connectivity index (χ1n) is 3.22. The van der Waals surface area contributed by atoms with Crippen LogP contribution in [0.1, 0.15) is 5.56 Å². The van der Waals surface area contributed by atoms with E-state index in [1.165, 1.54) is 0 Å². The molecule has 1 nitrogen and oxygen atoms in total. The smallest absolute Gasteiger partial charge is 0.226 e. The SMILES string of the molecule is O=C(Cl)Cc1cc(F)ccc1F. The summed E-state index contributed by atoms with van der Waals surface area (Å²) in [7, 11) is 0. The van der Waals surface area contributed by atoms with E-state index in [-0.39, 0.29) is 12.0 Å². The van der Waals surface area contributed by atoms with Gasteiger partial charge in [-0.3, -0.25) is 4.79 Å². The Kier molecular flexibility index (Phi) is 2.76. The van der Waals surface area contributed by atoms with Crippen molar-refractivity contribution in [3.63, 3.8) is 0 Å². The molecule has 0 fully saturated rings. The van der Waals surface area contributed by atoms with Gasteiger partial charge in [0.2, 0.25) is 5.24 Å². The Bertz CT molecular complexity index is 312. The lowest BCUT2D eigenvalue weighted by Crippen LogP contribution is -1.97. The molecule has 0 aliphatic heterocycles. The summed E-state index contributed by atoms with van der Waals surface area (Å²) in [6.07, 6.45) is -0.287. The summed E-state index contributed by atoms with van der Waals surface area (Å²) in [4.78, 5) is 10.4. The van der Waals surface area contributed by atoms with Crippen LogP contribution < -0.4 is 0 Å². The molecule has 0 saturated heterocycles. The molecule has 0 bridgehead atoms. The van der Waals surface area contributed by atoms with Crippen molar-refractivity contribution in [2.75, 3.05) is 0 Å². The van der Waals surface area contributed by atoms with Gasteiger partial charge in [0.15, 0.2) is 0 Å². The summed E-state index contributed by atoms with van der Waals surface area (Å²) in [6, 6.07) is 2.90. The number of hydrogen-bond donors (Lipinski definition) is 0. The van der Waals surface area contributed by atoms with E-state index in [4.69, 9.17) is 11.6 Å². The minimum absolute atomic E-state index is 0.0185. The number of carbonyl (C=O) groups excluding carboxylic acids is 1. The molecule has 1 aromatic rings. The molecule has 0 unspecified atom stereocenters. The fourth-order valence-electron chi connectivity index (χ4n) is 0.829. The first-order chi connectivity index (χ1) is 5.59.